The van der Waals surface area contributed by atoms with Gasteiger partial charge in [-0.3, -0.25) is 14.4 Å². The van der Waals surface area contributed by atoms with E-state index in [4.69, 9.17) is 9.47 Å². The second-order valence-electron chi connectivity index (χ2n) is 7.29. The summed E-state index contributed by atoms with van der Waals surface area (Å²) in [6.07, 6.45) is 0.0551. The minimum atomic E-state index is -0.615. The molecule has 31 heavy (non-hydrogen) atoms. The fraction of sp³-hybridized carbons (Fsp3) is 0.208. The lowest BCUT2D eigenvalue weighted by atomic mass is 10.1. The van der Waals surface area contributed by atoms with Crippen LogP contribution in [0.2, 0.25) is 0 Å². The van der Waals surface area contributed by atoms with Gasteiger partial charge in [0.05, 0.1) is 18.7 Å². The van der Waals surface area contributed by atoms with E-state index < -0.39 is 24.4 Å². The third-order valence-electron chi connectivity index (χ3n) is 5.21. The molecule has 2 amide bonds. The van der Waals surface area contributed by atoms with Crippen molar-refractivity contribution in [2.75, 3.05) is 30.5 Å². The van der Waals surface area contributed by atoms with Crippen LogP contribution in [0.3, 0.4) is 0 Å². The fourth-order valence-electron chi connectivity index (χ4n) is 3.69. The van der Waals surface area contributed by atoms with Crippen molar-refractivity contribution in [1.82, 2.24) is 0 Å². The zero-order valence-corrected chi connectivity index (χ0v) is 17.0. The third kappa shape index (κ3) is 4.50. The number of fused-ring (bicyclic) bond motifs is 1. The van der Waals surface area contributed by atoms with Crippen LogP contribution in [-0.2, 0) is 19.1 Å². The molecule has 3 aromatic carbocycles. The molecule has 4 rings (SSSR count). The maximum absolute atomic E-state index is 12.6. The lowest BCUT2D eigenvalue weighted by Gasteiger charge is -2.18. The first kappa shape index (κ1) is 20.4. The summed E-state index contributed by atoms with van der Waals surface area (Å²) in [7, 11) is 1.53. The number of methoxy groups -OCH3 is 1. The van der Waals surface area contributed by atoms with Crippen LogP contribution >= 0.6 is 0 Å². The number of amides is 2. The highest BCUT2D eigenvalue weighted by atomic mass is 16.5. The van der Waals surface area contributed by atoms with Crippen LogP contribution in [0.25, 0.3) is 10.8 Å². The number of nitrogens with one attached hydrogen (secondary N) is 1. The Labute approximate surface area is 179 Å². The molecule has 1 aliphatic heterocycles. The number of hydrogen-bond donors (Lipinski definition) is 1. The summed E-state index contributed by atoms with van der Waals surface area (Å²) in [5, 5.41) is 4.62. The van der Waals surface area contributed by atoms with Crippen molar-refractivity contribution < 1.29 is 23.9 Å². The van der Waals surface area contributed by atoms with Crippen molar-refractivity contribution in [3.05, 3.63) is 66.7 Å². The van der Waals surface area contributed by atoms with Gasteiger partial charge in [-0.1, -0.05) is 42.5 Å². The van der Waals surface area contributed by atoms with Crippen LogP contribution in [-0.4, -0.2) is 38.0 Å². The Bertz CT molecular complexity index is 1140. The summed E-state index contributed by atoms with van der Waals surface area (Å²) in [6.45, 7) is -0.196. The smallest absolute Gasteiger partial charge is 0.311 e. The van der Waals surface area contributed by atoms with Crippen molar-refractivity contribution in [1.29, 1.82) is 0 Å². The molecule has 0 unspecified atom stereocenters. The van der Waals surface area contributed by atoms with Crippen LogP contribution < -0.4 is 15.0 Å². The van der Waals surface area contributed by atoms with Gasteiger partial charge in [0.15, 0.2) is 6.61 Å². The first-order chi connectivity index (χ1) is 15.0. The second kappa shape index (κ2) is 8.87. The SMILES string of the molecule is COc1cccc(NC(=O)COC(=O)[C@H]2CC(=O)N(c3cccc4ccccc34)C2)c1. The number of carbonyl (C=O) groups excluding carboxylic acids is 3. The Kier molecular flexibility index (Phi) is 5.84. The number of hydrogen-bond acceptors (Lipinski definition) is 5. The molecule has 1 aliphatic rings. The summed E-state index contributed by atoms with van der Waals surface area (Å²) in [4.78, 5) is 38.8. The average Bonchev–Trinajstić information content (AvgIpc) is 3.18. The molecule has 1 N–H and O–H groups in total. The number of esters is 1. The fourth-order valence-corrected chi connectivity index (χ4v) is 3.69. The zero-order chi connectivity index (χ0) is 21.8. The van der Waals surface area contributed by atoms with Gasteiger partial charge < -0.3 is 19.7 Å². The van der Waals surface area contributed by atoms with E-state index in [1.807, 2.05) is 42.5 Å². The molecule has 7 nitrogen and oxygen atoms in total. The molecule has 0 saturated carbocycles. The van der Waals surface area contributed by atoms with Crippen molar-refractivity contribution in [2.45, 2.75) is 6.42 Å². The lowest BCUT2D eigenvalue weighted by molar-refractivity contribution is -0.151. The van der Waals surface area contributed by atoms with Crippen LogP contribution in [0.4, 0.5) is 11.4 Å². The van der Waals surface area contributed by atoms with E-state index in [0.717, 1.165) is 16.5 Å². The molecular formula is C24H22N2O5. The number of rotatable bonds is 6. The highest BCUT2D eigenvalue weighted by Crippen LogP contribution is 2.32. The summed E-state index contributed by atoms with van der Waals surface area (Å²) < 4.78 is 10.3. The Morgan fingerprint density at radius 2 is 1.84 bits per heavy atom. The predicted octanol–water partition coefficient (Wildman–Crippen LogP) is 3.38. The van der Waals surface area contributed by atoms with Gasteiger partial charge in [0.1, 0.15) is 5.75 Å². The van der Waals surface area contributed by atoms with Gasteiger partial charge in [-0.15, -0.1) is 0 Å². The molecule has 158 valence electrons. The minimum Gasteiger partial charge on any atom is -0.497 e. The molecule has 1 heterocycles. The summed E-state index contributed by atoms with van der Waals surface area (Å²) in [5.74, 6) is -1.17. The highest BCUT2D eigenvalue weighted by molar-refractivity contribution is 6.06. The van der Waals surface area contributed by atoms with E-state index in [1.54, 1.807) is 29.2 Å². The molecule has 1 fully saturated rings. The molecule has 0 aliphatic carbocycles. The van der Waals surface area contributed by atoms with E-state index in [0.29, 0.717) is 11.4 Å². The van der Waals surface area contributed by atoms with Crippen molar-refractivity contribution in [2.24, 2.45) is 5.92 Å². The normalized spacial score (nSPS) is 15.7. The molecule has 7 heteroatoms. The Morgan fingerprint density at radius 1 is 1.06 bits per heavy atom. The molecule has 0 spiro atoms. The van der Waals surface area contributed by atoms with Crippen molar-refractivity contribution in [3.8, 4) is 5.75 Å². The van der Waals surface area contributed by atoms with E-state index >= 15 is 0 Å². The molecule has 0 radical (unpaired) electrons. The molecule has 0 bridgehead atoms. The van der Waals surface area contributed by atoms with Gasteiger partial charge in [0.25, 0.3) is 5.91 Å². The summed E-state index contributed by atoms with van der Waals surface area (Å²) >= 11 is 0. The highest BCUT2D eigenvalue weighted by Gasteiger charge is 2.36. The largest absolute Gasteiger partial charge is 0.497 e. The Balaban J connectivity index is 1.36. The van der Waals surface area contributed by atoms with Gasteiger partial charge in [0.2, 0.25) is 5.91 Å². The molecular weight excluding hydrogens is 396 g/mol. The van der Waals surface area contributed by atoms with Crippen LogP contribution in [0.5, 0.6) is 5.75 Å². The van der Waals surface area contributed by atoms with Crippen LogP contribution in [0, 0.1) is 5.92 Å². The Morgan fingerprint density at radius 3 is 2.68 bits per heavy atom. The maximum atomic E-state index is 12.6. The first-order valence-corrected chi connectivity index (χ1v) is 9.94. The van der Waals surface area contributed by atoms with Crippen LogP contribution in [0.1, 0.15) is 6.42 Å². The van der Waals surface area contributed by atoms with Gasteiger partial charge in [-0.2, -0.15) is 0 Å². The minimum absolute atomic E-state index is 0.0551. The second-order valence-corrected chi connectivity index (χ2v) is 7.29. The van der Waals surface area contributed by atoms with Gasteiger partial charge in [-0.05, 0) is 23.6 Å². The predicted molar refractivity (Wildman–Crippen MR) is 117 cm³/mol. The molecule has 1 saturated heterocycles. The molecule has 0 aromatic heterocycles. The zero-order valence-electron chi connectivity index (χ0n) is 17.0. The van der Waals surface area contributed by atoms with E-state index in [1.165, 1.54) is 7.11 Å². The van der Waals surface area contributed by atoms with Crippen LogP contribution in [0.15, 0.2) is 66.7 Å². The maximum Gasteiger partial charge on any atom is 0.311 e. The van der Waals surface area contributed by atoms with Crippen molar-refractivity contribution >= 4 is 39.9 Å². The number of carbonyl (C=O) groups is 3. The first-order valence-electron chi connectivity index (χ1n) is 9.94. The lowest BCUT2D eigenvalue weighted by Crippen LogP contribution is -2.28. The summed E-state index contributed by atoms with van der Waals surface area (Å²) in [6, 6.07) is 20.4. The average molecular weight is 418 g/mol. The number of anilines is 2. The third-order valence-corrected chi connectivity index (χ3v) is 5.21. The quantitative estimate of drug-likeness (QED) is 0.621. The monoisotopic (exact) mass is 418 g/mol. The van der Waals surface area contributed by atoms with Gasteiger partial charge in [-0.25, -0.2) is 0 Å². The number of ether oxygens (including phenoxy) is 2. The standard InChI is InChI=1S/C24H22N2O5/c1-30-19-9-5-8-18(13-19)25-22(27)15-31-24(29)17-12-23(28)26(14-17)21-11-4-7-16-6-2-3-10-20(16)21/h2-11,13,17H,12,14-15H2,1H3,(H,25,27)/t17-/m0/s1. The van der Waals surface area contributed by atoms with Gasteiger partial charge in [0, 0.05) is 30.1 Å². The van der Waals surface area contributed by atoms with Crippen molar-refractivity contribution in [3.63, 3.8) is 0 Å². The van der Waals surface area contributed by atoms with E-state index in [9.17, 15) is 14.4 Å². The van der Waals surface area contributed by atoms with Gasteiger partial charge >= 0.3 is 5.97 Å². The Hall–Kier alpha value is -3.87. The summed E-state index contributed by atoms with van der Waals surface area (Å²) in [5.41, 5.74) is 1.31. The number of benzene rings is 3. The molecule has 1 atom stereocenters. The van der Waals surface area contributed by atoms with E-state index in [2.05, 4.69) is 5.32 Å². The molecule has 3 aromatic rings. The topological polar surface area (TPSA) is 84.9 Å². The number of nitrogens with zero attached hydrogens (tertiary/aromatic N) is 1. The van der Waals surface area contributed by atoms with E-state index in [-0.39, 0.29) is 18.9 Å².